The largest absolute Gasteiger partial charge is 0.484 e. The van der Waals surface area contributed by atoms with Gasteiger partial charge < -0.3 is 20.1 Å². The molecule has 124 valence electrons. The molecule has 2 aromatic rings. The normalized spacial score (nSPS) is 12.7. The molecule has 0 radical (unpaired) electrons. The summed E-state index contributed by atoms with van der Waals surface area (Å²) in [6.07, 6.45) is 0. The van der Waals surface area contributed by atoms with Crippen LogP contribution in [0.2, 0.25) is 0 Å². The maximum absolute atomic E-state index is 12.1. The minimum Gasteiger partial charge on any atom is -0.484 e. The van der Waals surface area contributed by atoms with Crippen molar-refractivity contribution in [3.8, 4) is 11.5 Å². The van der Waals surface area contributed by atoms with Crippen LogP contribution in [0.4, 0.5) is 11.4 Å². The SMILES string of the molecule is Cc1cccc(C)c1NC(=O)COc1ccc2c(c1)NC(=O)CO2. The average Bonchev–Trinajstić information content (AvgIpc) is 2.56. The van der Waals surface area contributed by atoms with Gasteiger partial charge in [0.05, 0.1) is 5.69 Å². The number of carbonyl (C=O) groups excluding carboxylic acids is 2. The van der Waals surface area contributed by atoms with Crippen molar-refractivity contribution in [1.82, 2.24) is 0 Å². The Bertz CT molecular complexity index is 781. The summed E-state index contributed by atoms with van der Waals surface area (Å²) < 4.78 is 10.8. The van der Waals surface area contributed by atoms with Crippen molar-refractivity contribution < 1.29 is 19.1 Å². The van der Waals surface area contributed by atoms with Crippen LogP contribution in [0.3, 0.4) is 0 Å². The lowest BCUT2D eigenvalue weighted by atomic mass is 10.1. The second-order valence-corrected chi connectivity index (χ2v) is 5.60. The summed E-state index contributed by atoms with van der Waals surface area (Å²) in [7, 11) is 0. The average molecular weight is 326 g/mol. The molecule has 0 saturated carbocycles. The van der Waals surface area contributed by atoms with Gasteiger partial charge in [-0.3, -0.25) is 9.59 Å². The van der Waals surface area contributed by atoms with Gasteiger partial charge in [-0.2, -0.15) is 0 Å². The number of amides is 2. The van der Waals surface area contributed by atoms with Gasteiger partial charge >= 0.3 is 0 Å². The third kappa shape index (κ3) is 3.48. The molecule has 0 bridgehead atoms. The van der Waals surface area contributed by atoms with Crippen molar-refractivity contribution in [1.29, 1.82) is 0 Å². The molecule has 1 aliphatic heterocycles. The van der Waals surface area contributed by atoms with E-state index in [1.165, 1.54) is 0 Å². The molecule has 0 aromatic heterocycles. The van der Waals surface area contributed by atoms with Gasteiger partial charge in [0, 0.05) is 11.8 Å². The molecule has 2 N–H and O–H groups in total. The van der Waals surface area contributed by atoms with Gasteiger partial charge in [-0.1, -0.05) is 18.2 Å². The number of para-hydroxylation sites is 1. The fraction of sp³-hybridized carbons (Fsp3) is 0.222. The van der Waals surface area contributed by atoms with Crippen molar-refractivity contribution in [3.05, 3.63) is 47.5 Å². The summed E-state index contributed by atoms with van der Waals surface area (Å²) in [6.45, 7) is 3.76. The number of aryl methyl sites for hydroxylation is 2. The molecular formula is C18H18N2O4. The lowest BCUT2D eigenvalue weighted by Crippen LogP contribution is -2.25. The Labute approximate surface area is 139 Å². The van der Waals surface area contributed by atoms with Crippen LogP contribution in [0, 0.1) is 13.8 Å². The van der Waals surface area contributed by atoms with Gasteiger partial charge in [0.2, 0.25) is 0 Å². The molecule has 0 spiro atoms. The minimum absolute atomic E-state index is 0.00534. The van der Waals surface area contributed by atoms with Crippen LogP contribution in [0.5, 0.6) is 11.5 Å². The highest BCUT2D eigenvalue weighted by Gasteiger charge is 2.16. The van der Waals surface area contributed by atoms with Crippen molar-refractivity contribution in [2.24, 2.45) is 0 Å². The number of nitrogens with one attached hydrogen (secondary N) is 2. The van der Waals surface area contributed by atoms with Crippen LogP contribution >= 0.6 is 0 Å². The summed E-state index contributed by atoms with van der Waals surface area (Å²) in [4.78, 5) is 23.4. The molecule has 2 aromatic carbocycles. The molecule has 1 aliphatic rings. The number of carbonyl (C=O) groups is 2. The maximum atomic E-state index is 12.1. The fourth-order valence-electron chi connectivity index (χ4n) is 2.49. The molecule has 0 atom stereocenters. The zero-order valence-electron chi connectivity index (χ0n) is 13.5. The Morgan fingerprint density at radius 1 is 1.25 bits per heavy atom. The number of ether oxygens (including phenoxy) is 2. The van der Waals surface area contributed by atoms with Gasteiger partial charge in [-0.25, -0.2) is 0 Å². The van der Waals surface area contributed by atoms with E-state index in [9.17, 15) is 9.59 Å². The number of anilines is 2. The second-order valence-electron chi connectivity index (χ2n) is 5.60. The van der Waals surface area contributed by atoms with Crippen LogP contribution in [-0.2, 0) is 9.59 Å². The quantitative estimate of drug-likeness (QED) is 0.905. The van der Waals surface area contributed by atoms with Crippen LogP contribution in [0.1, 0.15) is 11.1 Å². The molecule has 6 heteroatoms. The Hall–Kier alpha value is -3.02. The molecule has 0 fully saturated rings. The Kier molecular flexibility index (Phi) is 4.37. The Morgan fingerprint density at radius 3 is 2.75 bits per heavy atom. The van der Waals surface area contributed by atoms with Gasteiger partial charge in [-0.15, -0.1) is 0 Å². The number of hydrogen-bond acceptors (Lipinski definition) is 4. The van der Waals surface area contributed by atoms with E-state index in [4.69, 9.17) is 9.47 Å². The summed E-state index contributed by atoms with van der Waals surface area (Å²) in [6, 6.07) is 10.9. The Morgan fingerprint density at radius 2 is 2.00 bits per heavy atom. The van der Waals surface area contributed by atoms with Gasteiger partial charge in [0.25, 0.3) is 11.8 Å². The molecule has 0 aliphatic carbocycles. The van der Waals surface area contributed by atoms with E-state index in [2.05, 4.69) is 10.6 Å². The van der Waals surface area contributed by atoms with Crippen molar-refractivity contribution in [2.45, 2.75) is 13.8 Å². The van der Waals surface area contributed by atoms with E-state index in [1.807, 2.05) is 32.0 Å². The van der Waals surface area contributed by atoms with E-state index < -0.39 is 0 Å². The maximum Gasteiger partial charge on any atom is 0.262 e. The molecule has 1 heterocycles. The highest BCUT2D eigenvalue weighted by atomic mass is 16.5. The standard InChI is InChI=1S/C18H18N2O4/c1-11-4-3-5-12(2)18(11)20-17(22)9-23-13-6-7-15-14(8-13)19-16(21)10-24-15/h3-8H,9-10H2,1-2H3,(H,19,21)(H,20,22). The molecule has 0 saturated heterocycles. The van der Waals surface area contributed by atoms with Crippen LogP contribution in [-0.4, -0.2) is 25.0 Å². The first-order chi connectivity index (χ1) is 11.5. The van der Waals surface area contributed by atoms with E-state index in [0.29, 0.717) is 17.2 Å². The van der Waals surface area contributed by atoms with E-state index in [-0.39, 0.29) is 25.0 Å². The Balaban J connectivity index is 1.62. The van der Waals surface area contributed by atoms with Crippen LogP contribution in [0.15, 0.2) is 36.4 Å². The van der Waals surface area contributed by atoms with Gasteiger partial charge in [0.1, 0.15) is 11.5 Å². The first-order valence-corrected chi connectivity index (χ1v) is 7.58. The smallest absolute Gasteiger partial charge is 0.262 e. The summed E-state index contributed by atoms with van der Waals surface area (Å²) in [5, 5.41) is 5.56. The van der Waals surface area contributed by atoms with Gasteiger partial charge in [0.15, 0.2) is 13.2 Å². The first-order valence-electron chi connectivity index (χ1n) is 7.58. The van der Waals surface area contributed by atoms with Gasteiger partial charge in [-0.05, 0) is 37.1 Å². The van der Waals surface area contributed by atoms with E-state index in [0.717, 1.165) is 16.8 Å². The summed E-state index contributed by atoms with van der Waals surface area (Å²) in [5.74, 6) is 0.607. The zero-order chi connectivity index (χ0) is 17.1. The predicted molar refractivity (Wildman–Crippen MR) is 90.6 cm³/mol. The second kappa shape index (κ2) is 6.62. The third-order valence-corrected chi connectivity index (χ3v) is 3.70. The number of benzene rings is 2. The highest BCUT2D eigenvalue weighted by Crippen LogP contribution is 2.31. The predicted octanol–water partition coefficient (Wildman–Crippen LogP) is 2.65. The molecule has 24 heavy (non-hydrogen) atoms. The summed E-state index contributed by atoms with van der Waals surface area (Å²) in [5.41, 5.74) is 3.34. The number of hydrogen-bond donors (Lipinski definition) is 2. The minimum atomic E-state index is -0.245. The topological polar surface area (TPSA) is 76.7 Å². The zero-order valence-corrected chi connectivity index (χ0v) is 13.5. The van der Waals surface area contributed by atoms with Crippen molar-refractivity contribution >= 4 is 23.2 Å². The molecule has 3 rings (SSSR count). The molecular weight excluding hydrogens is 308 g/mol. The first kappa shape index (κ1) is 15.9. The van der Waals surface area contributed by atoms with Crippen LogP contribution in [0.25, 0.3) is 0 Å². The van der Waals surface area contributed by atoms with Crippen LogP contribution < -0.4 is 20.1 Å². The lowest BCUT2D eigenvalue weighted by Gasteiger charge is -2.18. The third-order valence-electron chi connectivity index (χ3n) is 3.70. The number of rotatable bonds is 4. The number of fused-ring (bicyclic) bond motifs is 1. The van der Waals surface area contributed by atoms with Crippen molar-refractivity contribution in [2.75, 3.05) is 23.8 Å². The van der Waals surface area contributed by atoms with E-state index >= 15 is 0 Å². The van der Waals surface area contributed by atoms with Crippen molar-refractivity contribution in [3.63, 3.8) is 0 Å². The monoisotopic (exact) mass is 326 g/mol. The summed E-state index contributed by atoms with van der Waals surface area (Å²) >= 11 is 0. The highest BCUT2D eigenvalue weighted by molar-refractivity contribution is 5.96. The fourth-order valence-corrected chi connectivity index (χ4v) is 2.49. The molecule has 6 nitrogen and oxygen atoms in total. The molecule has 2 amide bonds. The van der Waals surface area contributed by atoms with E-state index in [1.54, 1.807) is 18.2 Å². The molecule has 0 unspecified atom stereocenters. The lowest BCUT2D eigenvalue weighted by molar-refractivity contribution is -0.119.